The van der Waals surface area contributed by atoms with Crippen LogP contribution in [0.5, 0.6) is 5.75 Å². The number of benzene rings is 1. The van der Waals surface area contributed by atoms with Crippen molar-refractivity contribution in [3.05, 3.63) is 30.0 Å². The number of carbonyl (C=O) groups excluding carboxylic acids is 1. The predicted octanol–water partition coefficient (Wildman–Crippen LogP) is 2.99. The fraction of sp³-hybridized carbons (Fsp3) is 0.438. The summed E-state index contributed by atoms with van der Waals surface area (Å²) in [5.74, 6) is 0.689. The van der Waals surface area contributed by atoms with Gasteiger partial charge in [-0.3, -0.25) is 4.79 Å². The molecule has 2 aromatic rings. The first kappa shape index (κ1) is 15.4. The molecule has 1 N–H and O–H groups in total. The van der Waals surface area contributed by atoms with Crippen molar-refractivity contribution >= 4 is 16.9 Å². The van der Waals surface area contributed by atoms with Crippen LogP contribution >= 0.6 is 0 Å². The second-order valence-electron chi connectivity index (χ2n) is 5.02. The van der Waals surface area contributed by atoms with Crippen LogP contribution < -0.4 is 10.1 Å². The number of para-hydroxylation sites is 1. The lowest BCUT2D eigenvalue weighted by atomic mass is 10.2. The van der Waals surface area contributed by atoms with Gasteiger partial charge in [-0.2, -0.15) is 0 Å². The molecule has 21 heavy (non-hydrogen) atoms. The normalized spacial score (nSPS) is 11.0. The summed E-state index contributed by atoms with van der Waals surface area (Å²) in [7, 11) is 1.58. The summed E-state index contributed by atoms with van der Waals surface area (Å²) in [6.07, 6.45) is 0.983. The average molecular weight is 291 g/mol. The summed E-state index contributed by atoms with van der Waals surface area (Å²) in [4.78, 5) is 12.0. The lowest BCUT2D eigenvalue weighted by Crippen LogP contribution is -2.25. The van der Waals surface area contributed by atoms with Crippen LogP contribution in [0.1, 0.15) is 30.8 Å². The van der Waals surface area contributed by atoms with Crippen molar-refractivity contribution in [3.63, 3.8) is 0 Å². The number of ether oxygens (including phenoxy) is 2. The molecule has 0 unspecified atom stereocenters. The fourth-order valence-electron chi connectivity index (χ4n) is 1.99. The van der Waals surface area contributed by atoms with Crippen molar-refractivity contribution in [3.8, 4) is 5.75 Å². The number of fused-ring (bicyclic) bond motifs is 1. The minimum absolute atomic E-state index is 0.212. The van der Waals surface area contributed by atoms with Crippen LogP contribution in [0, 0.1) is 0 Å². The van der Waals surface area contributed by atoms with Gasteiger partial charge in [0.1, 0.15) is 0 Å². The van der Waals surface area contributed by atoms with Crippen LogP contribution in [-0.4, -0.2) is 32.3 Å². The van der Waals surface area contributed by atoms with Gasteiger partial charge in [0, 0.05) is 18.5 Å². The van der Waals surface area contributed by atoms with E-state index in [0.717, 1.165) is 11.8 Å². The van der Waals surface area contributed by atoms with Gasteiger partial charge in [-0.1, -0.05) is 12.1 Å². The molecule has 0 fully saturated rings. The van der Waals surface area contributed by atoms with Crippen LogP contribution in [0.15, 0.2) is 28.7 Å². The number of hydrogen-bond donors (Lipinski definition) is 1. The first-order chi connectivity index (χ1) is 10.1. The van der Waals surface area contributed by atoms with Crippen molar-refractivity contribution in [1.29, 1.82) is 0 Å². The van der Waals surface area contributed by atoms with Gasteiger partial charge >= 0.3 is 0 Å². The van der Waals surface area contributed by atoms with Crippen molar-refractivity contribution in [2.24, 2.45) is 0 Å². The number of methoxy groups -OCH3 is 1. The smallest absolute Gasteiger partial charge is 0.287 e. The van der Waals surface area contributed by atoms with Crippen LogP contribution in [0.2, 0.25) is 0 Å². The van der Waals surface area contributed by atoms with Gasteiger partial charge in [-0.15, -0.1) is 0 Å². The van der Waals surface area contributed by atoms with E-state index in [9.17, 15) is 4.79 Å². The summed E-state index contributed by atoms with van der Waals surface area (Å²) in [5, 5.41) is 3.67. The molecule has 2 rings (SSSR count). The molecule has 1 heterocycles. The fourth-order valence-corrected chi connectivity index (χ4v) is 1.99. The highest BCUT2D eigenvalue weighted by Crippen LogP contribution is 2.28. The Balaban J connectivity index is 1.94. The summed E-state index contributed by atoms with van der Waals surface area (Å²) >= 11 is 0. The van der Waals surface area contributed by atoms with E-state index in [4.69, 9.17) is 13.9 Å². The van der Waals surface area contributed by atoms with Gasteiger partial charge in [-0.05, 0) is 32.4 Å². The summed E-state index contributed by atoms with van der Waals surface area (Å²) in [6.45, 7) is 5.16. The number of nitrogens with one attached hydrogen (secondary N) is 1. The molecule has 0 bridgehead atoms. The summed E-state index contributed by atoms with van der Waals surface area (Å²) in [6, 6.07) is 7.27. The quantitative estimate of drug-likeness (QED) is 0.797. The Morgan fingerprint density at radius 1 is 1.38 bits per heavy atom. The monoisotopic (exact) mass is 291 g/mol. The molecule has 5 heteroatoms. The van der Waals surface area contributed by atoms with Crippen molar-refractivity contribution in [2.45, 2.75) is 26.4 Å². The van der Waals surface area contributed by atoms with Gasteiger partial charge in [0.15, 0.2) is 17.1 Å². The molecule has 0 spiro atoms. The van der Waals surface area contributed by atoms with Crippen molar-refractivity contribution in [2.75, 3.05) is 20.3 Å². The molecule has 0 saturated heterocycles. The van der Waals surface area contributed by atoms with E-state index in [0.29, 0.717) is 30.2 Å². The number of rotatable bonds is 7. The van der Waals surface area contributed by atoms with E-state index in [1.165, 1.54) is 0 Å². The van der Waals surface area contributed by atoms with Crippen LogP contribution in [0.3, 0.4) is 0 Å². The standard InChI is InChI=1S/C16H21NO4/c1-11(2)20-9-5-8-17-16(18)14-10-12-6-4-7-13(19-3)15(12)21-14/h4,6-7,10-11H,5,8-9H2,1-3H3,(H,17,18). The molecule has 5 nitrogen and oxygen atoms in total. The van der Waals surface area contributed by atoms with E-state index in [2.05, 4.69) is 5.32 Å². The van der Waals surface area contributed by atoms with E-state index in [1.54, 1.807) is 19.2 Å². The largest absolute Gasteiger partial charge is 0.493 e. The lowest BCUT2D eigenvalue weighted by molar-refractivity contribution is 0.0753. The third-order valence-electron chi connectivity index (χ3n) is 3.01. The van der Waals surface area contributed by atoms with E-state index in [-0.39, 0.29) is 12.0 Å². The third kappa shape index (κ3) is 3.98. The molecule has 0 aliphatic rings. The second-order valence-corrected chi connectivity index (χ2v) is 5.02. The molecular formula is C16H21NO4. The highest BCUT2D eigenvalue weighted by molar-refractivity contribution is 5.97. The zero-order valence-electron chi connectivity index (χ0n) is 12.6. The minimum atomic E-state index is -0.224. The Kier molecular flexibility index (Phi) is 5.22. The van der Waals surface area contributed by atoms with Gasteiger partial charge in [0.2, 0.25) is 0 Å². The van der Waals surface area contributed by atoms with Crippen molar-refractivity contribution in [1.82, 2.24) is 5.32 Å². The first-order valence-electron chi connectivity index (χ1n) is 7.08. The van der Waals surface area contributed by atoms with Crippen LogP contribution in [0.4, 0.5) is 0 Å². The minimum Gasteiger partial charge on any atom is -0.493 e. The van der Waals surface area contributed by atoms with E-state index in [1.807, 2.05) is 26.0 Å². The van der Waals surface area contributed by atoms with Crippen molar-refractivity contribution < 1.29 is 18.7 Å². The Hall–Kier alpha value is -2.01. The zero-order valence-corrected chi connectivity index (χ0v) is 12.6. The van der Waals surface area contributed by atoms with Crippen LogP contribution in [-0.2, 0) is 4.74 Å². The maximum atomic E-state index is 12.0. The van der Waals surface area contributed by atoms with Gasteiger partial charge < -0.3 is 19.2 Å². The summed E-state index contributed by atoms with van der Waals surface area (Å²) < 4.78 is 16.2. The highest BCUT2D eigenvalue weighted by Gasteiger charge is 2.14. The Morgan fingerprint density at radius 3 is 2.90 bits per heavy atom. The number of furan rings is 1. The van der Waals surface area contributed by atoms with Crippen LogP contribution in [0.25, 0.3) is 11.0 Å². The lowest BCUT2D eigenvalue weighted by Gasteiger charge is -2.07. The van der Waals surface area contributed by atoms with Gasteiger partial charge in [0.25, 0.3) is 5.91 Å². The molecule has 0 saturated carbocycles. The van der Waals surface area contributed by atoms with Gasteiger partial charge in [0.05, 0.1) is 13.2 Å². The second kappa shape index (κ2) is 7.13. The maximum absolute atomic E-state index is 12.0. The Morgan fingerprint density at radius 2 is 2.19 bits per heavy atom. The number of carbonyl (C=O) groups is 1. The predicted molar refractivity (Wildman–Crippen MR) is 80.8 cm³/mol. The van der Waals surface area contributed by atoms with E-state index < -0.39 is 0 Å². The van der Waals surface area contributed by atoms with Gasteiger partial charge in [-0.25, -0.2) is 0 Å². The number of hydrogen-bond acceptors (Lipinski definition) is 4. The Labute approximate surface area is 124 Å². The topological polar surface area (TPSA) is 60.7 Å². The maximum Gasteiger partial charge on any atom is 0.287 e. The molecular weight excluding hydrogens is 270 g/mol. The molecule has 0 aliphatic heterocycles. The molecule has 0 radical (unpaired) electrons. The molecule has 1 aromatic heterocycles. The average Bonchev–Trinajstić information content (AvgIpc) is 2.90. The number of amides is 1. The van der Waals surface area contributed by atoms with E-state index >= 15 is 0 Å². The summed E-state index contributed by atoms with van der Waals surface area (Å²) in [5.41, 5.74) is 0.591. The molecule has 0 atom stereocenters. The SMILES string of the molecule is COc1cccc2cc(C(=O)NCCCOC(C)C)oc12. The highest BCUT2D eigenvalue weighted by atomic mass is 16.5. The third-order valence-corrected chi connectivity index (χ3v) is 3.01. The first-order valence-corrected chi connectivity index (χ1v) is 7.08. The molecule has 0 aliphatic carbocycles. The zero-order chi connectivity index (χ0) is 15.2. The molecule has 1 amide bonds. The molecule has 1 aromatic carbocycles. The Bertz CT molecular complexity index is 603. The molecule has 114 valence electrons.